The molecule has 0 bridgehead atoms. The zero-order chi connectivity index (χ0) is 23.8. The summed E-state index contributed by atoms with van der Waals surface area (Å²) in [4.78, 5) is 17.7. The molecular weight excluding hydrogens is 452 g/mol. The molecule has 0 saturated carbocycles. The molecule has 0 aliphatic rings. The standard InChI is InChI=1S/C26H32N2O3S2/c1-4-5-17-28(33(30,31)25-15-11-21(2)12-16-25)20-26(29)27(18-23-9-7-6-8-10-23)19-24-14-13-22(3)32-24/h6-16H,4-5,17-20H2,1-3H3. The third-order valence-corrected chi connectivity index (χ3v) is 8.29. The molecule has 1 heterocycles. The van der Waals surface area contributed by atoms with Gasteiger partial charge in [0.1, 0.15) is 0 Å². The Hall–Kier alpha value is -2.48. The van der Waals surface area contributed by atoms with E-state index in [0.29, 0.717) is 26.1 Å². The van der Waals surface area contributed by atoms with Crippen LogP contribution >= 0.6 is 11.3 Å². The van der Waals surface area contributed by atoms with Gasteiger partial charge in [-0.25, -0.2) is 8.42 Å². The van der Waals surface area contributed by atoms with Crippen molar-refractivity contribution in [2.45, 2.75) is 51.6 Å². The number of sulfonamides is 1. The minimum absolute atomic E-state index is 0.173. The Kier molecular flexibility index (Phi) is 8.83. The fraction of sp³-hybridized carbons (Fsp3) is 0.346. The highest BCUT2D eigenvalue weighted by Gasteiger charge is 2.28. The Morgan fingerprint density at radius 3 is 2.21 bits per heavy atom. The minimum Gasteiger partial charge on any atom is -0.332 e. The van der Waals surface area contributed by atoms with Crippen LogP contribution in [0.15, 0.2) is 71.6 Å². The van der Waals surface area contributed by atoms with Gasteiger partial charge < -0.3 is 4.90 Å². The topological polar surface area (TPSA) is 57.7 Å². The van der Waals surface area contributed by atoms with Gasteiger partial charge in [0, 0.05) is 22.8 Å². The summed E-state index contributed by atoms with van der Waals surface area (Å²) in [5.41, 5.74) is 2.01. The minimum atomic E-state index is -3.77. The van der Waals surface area contributed by atoms with Gasteiger partial charge in [0.15, 0.2) is 0 Å². The first-order chi connectivity index (χ1) is 15.8. The average molecular weight is 485 g/mol. The smallest absolute Gasteiger partial charge is 0.243 e. The quantitative estimate of drug-likeness (QED) is 0.367. The second-order valence-electron chi connectivity index (χ2n) is 8.25. The summed E-state index contributed by atoms with van der Waals surface area (Å²) in [5, 5.41) is 0. The average Bonchev–Trinajstić information content (AvgIpc) is 3.21. The second-order valence-corrected chi connectivity index (χ2v) is 11.6. The van der Waals surface area contributed by atoms with Crippen LogP contribution in [0.1, 0.15) is 40.6 Å². The molecule has 1 aromatic heterocycles. The van der Waals surface area contributed by atoms with Crippen molar-refractivity contribution in [1.29, 1.82) is 0 Å². The van der Waals surface area contributed by atoms with Crippen molar-refractivity contribution in [3.63, 3.8) is 0 Å². The van der Waals surface area contributed by atoms with E-state index in [0.717, 1.165) is 22.4 Å². The van der Waals surface area contributed by atoms with Crippen LogP contribution in [0.3, 0.4) is 0 Å². The van der Waals surface area contributed by atoms with Gasteiger partial charge in [0.25, 0.3) is 0 Å². The Morgan fingerprint density at radius 1 is 0.909 bits per heavy atom. The van der Waals surface area contributed by atoms with Gasteiger partial charge >= 0.3 is 0 Å². The molecule has 0 unspecified atom stereocenters. The molecular formula is C26H32N2O3S2. The lowest BCUT2D eigenvalue weighted by atomic mass is 10.2. The Morgan fingerprint density at radius 2 is 1.61 bits per heavy atom. The van der Waals surface area contributed by atoms with E-state index in [9.17, 15) is 13.2 Å². The number of amides is 1. The van der Waals surface area contributed by atoms with Crippen molar-refractivity contribution in [2.24, 2.45) is 0 Å². The third-order valence-electron chi connectivity index (χ3n) is 5.44. The van der Waals surface area contributed by atoms with E-state index in [4.69, 9.17) is 0 Å². The van der Waals surface area contributed by atoms with E-state index in [2.05, 4.69) is 0 Å². The summed E-state index contributed by atoms with van der Waals surface area (Å²) in [6, 6.07) is 20.7. The largest absolute Gasteiger partial charge is 0.332 e. The van der Waals surface area contributed by atoms with E-state index in [1.807, 2.05) is 63.2 Å². The summed E-state index contributed by atoms with van der Waals surface area (Å²) in [6.45, 7) is 7.00. The molecule has 0 atom stereocenters. The molecule has 0 radical (unpaired) electrons. The van der Waals surface area contributed by atoms with Crippen LogP contribution in [0.4, 0.5) is 0 Å². The summed E-state index contributed by atoms with van der Waals surface area (Å²) in [5.74, 6) is -0.198. The lowest BCUT2D eigenvalue weighted by Crippen LogP contribution is -2.42. The van der Waals surface area contributed by atoms with Gasteiger partial charge in [-0.05, 0) is 50.1 Å². The van der Waals surface area contributed by atoms with Gasteiger partial charge in [0.05, 0.1) is 18.0 Å². The second kappa shape index (κ2) is 11.6. The number of hydrogen-bond acceptors (Lipinski definition) is 4. The first-order valence-electron chi connectivity index (χ1n) is 11.2. The predicted octanol–water partition coefficient (Wildman–Crippen LogP) is 5.38. The molecule has 0 aliphatic heterocycles. The van der Waals surface area contributed by atoms with Gasteiger partial charge in [-0.3, -0.25) is 4.79 Å². The lowest BCUT2D eigenvalue weighted by Gasteiger charge is -2.27. The van der Waals surface area contributed by atoms with Gasteiger partial charge in [-0.2, -0.15) is 4.31 Å². The highest BCUT2D eigenvalue weighted by Crippen LogP contribution is 2.21. The third kappa shape index (κ3) is 7.00. The van der Waals surface area contributed by atoms with Gasteiger partial charge in [-0.1, -0.05) is 61.4 Å². The molecule has 0 aliphatic carbocycles. The van der Waals surface area contributed by atoms with Crippen molar-refractivity contribution in [1.82, 2.24) is 9.21 Å². The summed E-state index contributed by atoms with van der Waals surface area (Å²) >= 11 is 1.65. The lowest BCUT2D eigenvalue weighted by molar-refractivity contribution is -0.132. The first kappa shape index (κ1) is 25.1. The molecule has 1 amide bonds. The number of aryl methyl sites for hydroxylation is 2. The number of rotatable bonds is 11. The molecule has 3 aromatic rings. The fourth-order valence-electron chi connectivity index (χ4n) is 3.52. The van der Waals surface area contributed by atoms with Crippen LogP contribution in [0.5, 0.6) is 0 Å². The Labute approximate surface area is 201 Å². The van der Waals surface area contributed by atoms with Crippen molar-refractivity contribution < 1.29 is 13.2 Å². The normalized spacial score (nSPS) is 11.6. The predicted molar refractivity (Wildman–Crippen MR) is 135 cm³/mol. The Balaban J connectivity index is 1.85. The van der Waals surface area contributed by atoms with Crippen molar-refractivity contribution in [3.8, 4) is 0 Å². The molecule has 0 saturated heterocycles. The number of carbonyl (C=O) groups is 1. The van der Waals surface area contributed by atoms with E-state index in [1.165, 1.54) is 9.18 Å². The van der Waals surface area contributed by atoms with E-state index in [-0.39, 0.29) is 17.3 Å². The van der Waals surface area contributed by atoms with Crippen LogP contribution in [-0.4, -0.2) is 36.6 Å². The number of hydrogen-bond donors (Lipinski definition) is 0. The molecule has 7 heteroatoms. The maximum Gasteiger partial charge on any atom is 0.243 e. The summed E-state index contributed by atoms with van der Waals surface area (Å²) in [6.07, 6.45) is 1.54. The molecule has 33 heavy (non-hydrogen) atoms. The number of unbranched alkanes of at least 4 members (excludes halogenated alkanes) is 1. The van der Waals surface area contributed by atoms with E-state index >= 15 is 0 Å². The number of benzene rings is 2. The van der Waals surface area contributed by atoms with Crippen molar-refractivity contribution >= 4 is 27.3 Å². The molecule has 0 fully saturated rings. The van der Waals surface area contributed by atoms with Crippen LogP contribution in [0.2, 0.25) is 0 Å². The highest BCUT2D eigenvalue weighted by atomic mass is 32.2. The summed E-state index contributed by atoms with van der Waals surface area (Å²) in [7, 11) is -3.77. The zero-order valence-electron chi connectivity index (χ0n) is 19.5. The van der Waals surface area contributed by atoms with E-state index < -0.39 is 10.0 Å². The maximum atomic E-state index is 13.5. The van der Waals surface area contributed by atoms with Gasteiger partial charge in [-0.15, -0.1) is 11.3 Å². The Bertz CT molecular complexity index is 1140. The van der Waals surface area contributed by atoms with Crippen LogP contribution in [0, 0.1) is 13.8 Å². The molecule has 2 aromatic carbocycles. The molecule has 3 rings (SSSR count). The molecule has 5 nitrogen and oxygen atoms in total. The number of nitrogens with zero attached hydrogens (tertiary/aromatic N) is 2. The highest BCUT2D eigenvalue weighted by molar-refractivity contribution is 7.89. The fourth-order valence-corrected chi connectivity index (χ4v) is 5.86. The van der Waals surface area contributed by atoms with Crippen LogP contribution in [-0.2, 0) is 27.9 Å². The molecule has 0 N–H and O–H groups in total. The molecule has 0 spiro atoms. The summed E-state index contributed by atoms with van der Waals surface area (Å²) < 4.78 is 28.1. The first-order valence-corrected chi connectivity index (χ1v) is 13.5. The SMILES string of the molecule is CCCCN(CC(=O)N(Cc1ccccc1)Cc1ccc(C)s1)S(=O)(=O)c1ccc(C)cc1. The maximum absolute atomic E-state index is 13.5. The van der Waals surface area contributed by atoms with Crippen molar-refractivity contribution in [3.05, 3.63) is 87.6 Å². The molecule has 176 valence electrons. The van der Waals surface area contributed by atoms with E-state index in [1.54, 1.807) is 40.5 Å². The zero-order valence-corrected chi connectivity index (χ0v) is 21.2. The van der Waals surface area contributed by atoms with Crippen LogP contribution < -0.4 is 0 Å². The van der Waals surface area contributed by atoms with Crippen LogP contribution in [0.25, 0.3) is 0 Å². The number of thiophene rings is 1. The monoisotopic (exact) mass is 484 g/mol. The number of carbonyl (C=O) groups excluding carboxylic acids is 1. The van der Waals surface area contributed by atoms with Crippen molar-refractivity contribution in [2.75, 3.05) is 13.1 Å². The van der Waals surface area contributed by atoms with Gasteiger partial charge in [0.2, 0.25) is 15.9 Å².